The first-order chi connectivity index (χ1) is 9.09. The van der Waals surface area contributed by atoms with E-state index in [9.17, 15) is 15.0 Å². The Bertz CT molecular complexity index is 635. The van der Waals surface area contributed by atoms with Crippen LogP contribution < -0.4 is 0 Å². The van der Waals surface area contributed by atoms with E-state index in [0.29, 0.717) is 0 Å². The van der Waals surface area contributed by atoms with Gasteiger partial charge in [0.2, 0.25) is 0 Å². The fraction of sp³-hybridized carbons (Fsp3) is 0. The molecule has 0 aliphatic carbocycles. The Morgan fingerprint density at radius 3 is 2.37 bits per heavy atom. The predicted octanol–water partition coefficient (Wildman–Crippen LogP) is 2.55. The molecule has 0 saturated carbocycles. The molecule has 3 N–H and O–H groups in total. The molecule has 0 bridgehead atoms. The third-order valence-corrected chi connectivity index (χ3v) is 2.50. The minimum Gasteiger partial charge on any atom is -0.504 e. The molecule has 0 atom stereocenters. The molecule has 0 aliphatic rings. The second kappa shape index (κ2) is 5.22. The smallest absolute Gasteiger partial charge is 0.338 e. The molecule has 0 unspecified atom stereocenters. The number of phenolic OH excluding ortho intramolecular Hbond substituents is 2. The van der Waals surface area contributed by atoms with Gasteiger partial charge in [0.1, 0.15) is 5.69 Å². The molecule has 2 rings (SSSR count). The summed E-state index contributed by atoms with van der Waals surface area (Å²) in [7, 11) is 0. The first-order valence-corrected chi connectivity index (χ1v) is 5.47. The number of carboxylic acids is 1. The van der Waals surface area contributed by atoms with Crippen LogP contribution >= 0.6 is 0 Å². The van der Waals surface area contributed by atoms with Crippen molar-refractivity contribution in [3.8, 4) is 11.5 Å². The van der Waals surface area contributed by atoms with Crippen LogP contribution in [0, 0.1) is 0 Å². The van der Waals surface area contributed by atoms with Crippen LogP contribution in [0.5, 0.6) is 11.5 Å². The number of carbonyl (C=O) groups is 1. The van der Waals surface area contributed by atoms with Crippen LogP contribution in [0.15, 0.2) is 47.5 Å². The van der Waals surface area contributed by atoms with Crippen LogP contribution in [0.25, 0.3) is 0 Å². The summed E-state index contributed by atoms with van der Waals surface area (Å²) in [5.74, 6) is -2.19. The molecular weight excluding hydrogens is 246 g/mol. The zero-order valence-corrected chi connectivity index (χ0v) is 9.82. The quantitative estimate of drug-likeness (QED) is 0.582. The molecule has 96 valence electrons. The van der Waals surface area contributed by atoms with Crippen LogP contribution in [0.3, 0.4) is 0 Å². The summed E-state index contributed by atoms with van der Waals surface area (Å²) in [6, 6.07) is 11.3. The largest absolute Gasteiger partial charge is 0.504 e. The SMILES string of the molecule is O=C(O)c1ccc(O)c(O)c1N=Cc1ccccc1. The van der Waals surface area contributed by atoms with E-state index in [1.807, 2.05) is 18.2 Å². The van der Waals surface area contributed by atoms with Crippen molar-refractivity contribution in [2.75, 3.05) is 0 Å². The maximum atomic E-state index is 11.0. The molecule has 0 heterocycles. The fourth-order valence-electron chi connectivity index (χ4n) is 1.55. The monoisotopic (exact) mass is 257 g/mol. The summed E-state index contributed by atoms with van der Waals surface area (Å²) in [5.41, 5.74) is 0.403. The Hall–Kier alpha value is -2.82. The first kappa shape index (κ1) is 12.6. The van der Waals surface area contributed by atoms with Crippen molar-refractivity contribution in [3.63, 3.8) is 0 Å². The first-order valence-electron chi connectivity index (χ1n) is 5.47. The molecule has 0 fully saturated rings. The van der Waals surface area contributed by atoms with Gasteiger partial charge in [0.15, 0.2) is 11.5 Å². The van der Waals surface area contributed by atoms with Crippen molar-refractivity contribution in [2.24, 2.45) is 4.99 Å². The van der Waals surface area contributed by atoms with Gasteiger partial charge in [0.25, 0.3) is 0 Å². The van der Waals surface area contributed by atoms with Gasteiger partial charge in [0, 0.05) is 6.21 Å². The van der Waals surface area contributed by atoms with Crippen LogP contribution in [-0.4, -0.2) is 27.5 Å². The maximum Gasteiger partial charge on any atom is 0.338 e. The van der Waals surface area contributed by atoms with Crippen molar-refractivity contribution >= 4 is 17.9 Å². The second-order valence-electron chi connectivity index (χ2n) is 3.80. The summed E-state index contributed by atoms with van der Waals surface area (Å²) in [4.78, 5) is 15.0. The molecule has 0 saturated heterocycles. The summed E-state index contributed by atoms with van der Waals surface area (Å²) >= 11 is 0. The third kappa shape index (κ3) is 2.71. The van der Waals surface area contributed by atoms with Gasteiger partial charge >= 0.3 is 5.97 Å². The number of phenols is 2. The Kier molecular flexibility index (Phi) is 3.47. The molecule has 2 aromatic carbocycles. The van der Waals surface area contributed by atoms with Crippen molar-refractivity contribution in [1.82, 2.24) is 0 Å². The van der Waals surface area contributed by atoms with Crippen molar-refractivity contribution < 1.29 is 20.1 Å². The molecule has 2 aromatic rings. The topological polar surface area (TPSA) is 90.1 Å². The third-order valence-electron chi connectivity index (χ3n) is 2.50. The van der Waals surface area contributed by atoms with Crippen LogP contribution in [-0.2, 0) is 0 Å². The van der Waals surface area contributed by atoms with Crippen LogP contribution in [0.2, 0.25) is 0 Å². The Balaban J connectivity index is 2.47. The summed E-state index contributed by atoms with van der Waals surface area (Å²) in [5, 5.41) is 28.1. The minimum absolute atomic E-state index is 0.170. The van der Waals surface area contributed by atoms with E-state index in [1.165, 1.54) is 12.3 Å². The Labute approximate surface area is 109 Å². The lowest BCUT2D eigenvalue weighted by molar-refractivity contribution is 0.0697. The van der Waals surface area contributed by atoms with E-state index in [-0.39, 0.29) is 11.3 Å². The Morgan fingerprint density at radius 1 is 1.05 bits per heavy atom. The maximum absolute atomic E-state index is 11.0. The highest BCUT2D eigenvalue weighted by Crippen LogP contribution is 2.38. The van der Waals surface area contributed by atoms with Gasteiger partial charge in [-0.2, -0.15) is 0 Å². The molecule has 0 amide bonds. The highest BCUT2D eigenvalue weighted by atomic mass is 16.4. The summed E-state index contributed by atoms with van der Waals surface area (Å²) < 4.78 is 0. The number of aromatic carboxylic acids is 1. The van der Waals surface area contributed by atoms with Crippen molar-refractivity contribution in [3.05, 3.63) is 53.6 Å². The second-order valence-corrected chi connectivity index (χ2v) is 3.80. The normalized spacial score (nSPS) is 10.7. The lowest BCUT2D eigenvalue weighted by Gasteiger charge is -2.05. The summed E-state index contributed by atoms with van der Waals surface area (Å²) in [6.45, 7) is 0. The lowest BCUT2D eigenvalue weighted by Crippen LogP contribution is -1.96. The molecule has 19 heavy (non-hydrogen) atoms. The van der Waals surface area contributed by atoms with Gasteiger partial charge in [-0.25, -0.2) is 4.79 Å². The minimum atomic E-state index is -1.23. The molecule has 0 aromatic heterocycles. The zero-order chi connectivity index (χ0) is 13.8. The van der Waals surface area contributed by atoms with Gasteiger partial charge < -0.3 is 15.3 Å². The number of carboxylic acid groups (broad SMARTS) is 1. The average Bonchev–Trinajstić information content (AvgIpc) is 2.41. The van der Waals surface area contributed by atoms with Gasteiger partial charge in [0.05, 0.1) is 5.56 Å². The number of hydrogen-bond acceptors (Lipinski definition) is 4. The van der Waals surface area contributed by atoms with Gasteiger partial charge in [-0.15, -0.1) is 0 Å². The molecule has 0 aliphatic heterocycles. The van der Waals surface area contributed by atoms with Crippen LogP contribution in [0.4, 0.5) is 5.69 Å². The van der Waals surface area contributed by atoms with E-state index in [0.717, 1.165) is 11.6 Å². The summed E-state index contributed by atoms with van der Waals surface area (Å²) in [6.07, 6.45) is 1.42. The van der Waals surface area contributed by atoms with Gasteiger partial charge in [-0.05, 0) is 17.7 Å². The highest BCUT2D eigenvalue weighted by Gasteiger charge is 2.16. The molecule has 5 heteroatoms. The molecule has 5 nitrogen and oxygen atoms in total. The number of aromatic hydroxyl groups is 2. The van der Waals surface area contributed by atoms with Crippen molar-refractivity contribution in [2.45, 2.75) is 0 Å². The highest BCUT2D eigenvalue weighted by molar-refractivity contribution is 5.97. The number of nitrogens with zero attached hydrogens (tertiary/aromatic N) is 1. The zero-order valence-electron chi connectivity index (χ0n) is 9.82. The average molecular weight is 257 g/mol. The van der Waals surface area contributed by atoms with Crippen molar-refractivity contribution in [1.29, 1.82) is 0 Å². The van der Waals surface area contributed by atoms with E-state index >= 15 is 0 Å². The molecule has 0 spiro atoms. The van der Waals surface area contributed by atoms with Gasteiger partial charge in [-0.1, -0.05) is 30.3 Å². The number of hydrogen-bond donors (Lipinski definition) is 3. The predicted molar refractivity (Wildman–Crippen MR) is 70.4 cm³/mol. The molecular formula is C14H11NO4. The Morgan fingerprint density at radius 2 is 1.74 bits per heavy atom. The number of benzene rings is 2. The van der Waals surface area contributed by atoms with E-state index in [2.05, 4.69) is 4.99 Å². The fourth-order valence-corrected chi connectivity index (χ4v) is 1.55. The lowest BCUT2D eigenvalue weighted by atomic mass is 10.1. The number of rotatable bonds is 3. The van der Waals surface area contributed by atoms with E-state index < -0.39 is 17.5 Å². The van der Waals surface area contributed by atoms with Crippen LogP contribution in [0.1, 0.15) is 15.9 Å². The van der Waals surface area contributed by atoms with Gasteiger partial charge in [-0.3, -0.25) is 4.99 Å². The molecule has 0 radical (unpaired) electrons. The van der Waals surface area contributed by atoms with E-state index in [4.69, 9.17) is 5.11 Å². The van der Waals surface area contributed by atoms with E-state index in [1.54, 1.807) is 12.1 Å². The standard InChI is InChI=1S/C14H11NO4/c16-11-7-6-10(14(18)19)12(13(11)17)15-8-9-4-2-1-3-5-9/h1-8,16-17H,(H,18,19). The number of aliphatic imine (C=N–C) groups is 1.